The van der Waals surface area contributed by atoms with Crippen molar-refractivity contribution in [3.8, 4) is 62.1 Å². The maximum atomic E-state index is 6.93. The smallest absolute Gasteiger partial charge is 0.167 e. The van der Waals surface area contributed by atoms with E-state index in [4.69, 9.17) is 23.8 Å². The highest BCUT2D eigenvalue weighted by atomic mass is 16.3. The number of fused-ring (bicyclic) bond motifs is 9. The minimum absolute atomic E-state index is 0.507. The van der Waals surface area contributed by atoms with Gasteiger partial charge in [-0.15, -0.1) is 0 Å². The minimum Gasteiger partial charge on any atom is -0.455 e. The van der Waals surface area contributed by atoms with E-state index in [9.17, 15) is 0 Å². The predicted molar refractivity (Wildman–Crippen MR) is 256 cm³/mol. The van der Waals surface area contributed by atoms with Gasteiger partial charge in [-0.3, -0.25) is 0 Å². The van der Waals surface area contributed by atoms with Gasteiger partial charge in [-0.2, -0.15) is 0 Å². The molecule has 0 unspecified atom stereocenters. The molecule has 0 N–H and O–H groups in total. The minimum atomic E-state index is 0.507. The fourth-order valence-corrected chi connectivity index (χ4v) is 9.48. The molecular weight excluding hydrogens is 773 g/mol. The Bertz CT molecular complexity index is 3920. The summed E-state index contributed by atoms with van der Waals surface area (Å²) in [6, 6.07) is 71.5. The van der Waals surface area contributed by atoms with Crippen molar-refractivity contribution < 1.29 is 8.83 Å². The number of para-hydroxylation sites is 5. The second-order valence-corrected chi connectivity index (χ2v) is 15.9. The average Bonchev–Trinajstić information content (AvgIpc) is 4.04. The number of aromatic nitrogens is 4. The molecule has 0 spiro atoms. The Kier molecular flexibility index (Phi) is 7.80. The summed E-state index contributed by atoms with van der Waals surface area (Å²) in [5.74, 6) is 1.57. The largest absolute Gasteiger partial charge is 0.455 e. The first-order chi connectivity index (χ1) is 31.2. The predicted octanol–water partition coefficient (Wildman–Crippen LogP) is 15.1. The van der Waals surface area contributed by atoms with E-state index in [1.165, 1.54) is 10.8 Å². The molecule has 0 atom stereocenters. The first kappa shape index (κ1) is 35.2. The van der Waals surface area contributed by atoms with Crippen LogP contribution < -0.4 is 0 Å². The zero-order chi connectivity index (χ0) is 41.4. The summed E-state index contributed by atoms with van der Waals surface area (Å²) in [6.45, 7) is 0. The summed E-state index contributed by atoms with van der Waals surface area (Å²) < 4.78 is 15.8. The van der Waals surface area contributed by atoms with Crippen LogP contribution in [0.15, 0.2) is 215 Å². The van der Waals surface area contributed by atoms with Crippen LogP contribution in [0.3, 0.4) is 0 Å². The van der Waals surface area contributed by atoms with Crippen molar-refractivity contribution in [1.82, 2.24) is 19.5 Å². The zero-order valence-corrected chi connectivity index (χ0v) is 33.7. The lowest BCUT2D eigenvalue weighted by Crippen LogP contribution is -2.00. The Hall–Kier alpha value is -8.61. The average molecular weight is 807 g/mol. The standard InChI is InChI=1S/C57H34N4O2/c1-3-16-35(17-4-1)36-18-11-19-37(34-36)55-58-56(45-28-12-26-42-39-22-8-10-32-49(39)62-53(42)45)60-57(59-55)46-29-13-27-44-52-41(25-15-33-50(52)63-54(44)46)40-24-14-31-48-51(40)43-23-7-9-30-47(43)61(48)38-20-5-2-6-21-38/h1-34H. The Balaban J connectivity index is 1.04. The molecule has 0 aliphatic heterocycles. The Morgan fingerprint density at radius 3 is 1.63 bits per heavy atom. The molecule has 6 nitrogen and oxygen atoms in total. The molecule has 13 rings (SSSR count). The van der Waals surface area contributed by atoms with Crippen molar-refractivity contribution >= 4 is 65.7 Å². The van der Waals surface area contributed by atoms with Gasteiger partial charge in [0.1, 0.15) is 22.3 Å². The van der Waals surface area contributed by atoms with Crippen molar-refractivity contribution in [2.24, 2.45) is 0 Å². The molecule has 0 aliphatic carbocycles. The summed E-state index contributed by atoms with van der Waals surface area (Å²) in [4.78, 5) is 15.7. The molecule has 13 aromatic rings. The molecule has 0 aliphatic rings. The van der Waals surface area contributed by atoms with Gasteiger partial charge in [0.05, 0.1) is 22.2 Å². The van der Waals surface area contributed by atoms with Gasteiger partial charge < -0.3 is 13.4 Å². The van der Waals surface area contributed by atoms with Crippen molar-refractivity contribution in [3.63, 3.8) is 0 Å². The summed E-state index contributed by atoms with van der Waals surface area (Å²) in [5.41, 5.74) is 13.3. The first-order valence-electron chi connectivity index (χ1n) is 21.1. The van der Waals surface area contributed by atoms with E-state index < -0.39 is 0 Å². The van der Waals surface area contributed by atoms with Gasteiger partial charge in [-0.1, -0.05) is 152 Å². The highest BCUT2D eigenvalue weighted by Crippen LogP contribution is 2.45. The molecule has 0 bridgehead atoms. The highest BCUT2D eigenvalue weighted by Gasteiger charge is 2.23. The molecule has 9 aromatic carbocycles. The first-order valence-corrected chi connectivity index (χ1v) is 21.1. The number of benzene rings is 9. The van der Waals surface area contributed by atoms with Crippen LogP contribution in [0.1, 0.15) is 0 Å². The van der Waals surface area contributed by atoms with Gasteiger partial charge in [0, 0.05) is 43.6 Å². The van der Waals surface area contributed by atoms with Crippen LogP contribution in [0.2, 0.25) is 0 Å². The Labute approximate surface area is 361 Å². The van der Waals surface area contributed by atoms with E-state index in [1.54, 1.807) is 0 Å². The molecule has 63 heavy (non-hydrogen) atoms. The van der Waals surface area contributed by atoms with E-state index >= 15 is 0 Å². The number of rotatable bonds is 6. The quantitative estimate of drug-likeness (QED) is 0.167. The van der Waals surface area contributed by atoms with Gasteiger partial charge in [0.25, 0.3) is 0 Å². The normalized spacial score (nSPS) is 11.8. The van der Waals surface area contributed by atoms with E-state index in [0.29, 0.717) is 23.1 Å². The van der Waals surface area contributed by atoms with Crippen LogP contribution in [0.25, 0.3) is 128 Å². The van der Waals surface area contributed by atoms with Crippen molar-refractivity contribution in [2.45, 2.75) is 0 Å². The maximum Gasteiger partial charge on any atom is 0.167 e. The van der Waals surface area contributed by atoms with Crippen LogP contribution >= 0.6 is 0 Å². The van der Waals surface area contributed by atoms with Gasteiger partial charge in [-0.05, 0) is 76.9 Å². The fraction of sp³-hybridized carbons (Fsp3) is 0. The molecule has 4 heterocycles. The van der Waals surface area contributed by atoms with Gasteiger partial charge in [0.15, 0.2) is 17.5 Å². The molecular formula is C57H34N4O2. The third-order valence-electron chi connectivity index (χ3n) is 12.3. The molecule has 294 valence electrons. The van der Waals surface area contributed by atoms with Gasteiger partial charge in [-0.25, -0.2) is 15.0 Å². The van der Waals surface area contributed by atoms with Crippen LogP contribution in [-0.4, -0.2) is 19.5 Å². The molecule has 0 fully saturated rings. The third-order valence-corrected chi connectivity index (χ3v) is 12.3. The van der Waals surface area contributed by atoms with Gasteiger partial charge >= 0.3 is 0 Å². The molecule has 0 saturated carbocycles. The molecule has 6 heteroatoms. The van der Waals surface area contributed by atoms with Crippen molar-refractivity contribution in [3.05, 3.63) is 206 Å². The number of nitrogens with zero attached hydrogens (tertiary/aromatic N) is 4. The maximum absolute atomic E-state index is 6.93. The van der Waals surface area contributed by atoms with E-state index in [1.807, 2.05) is 42.5 Å². The third kappa shape index (κ3) is 5.55. The Morgan fingerprint density at radius 2 is 0.825 bits per heavy atom. The van der Waals surface area contributed by atoms with E-state index in [2.05, 4.69) is 168 Å². The van der Waals surface area contributed by atoms with Crippen LogP contribution in [0.5, 0.6) is 0 Å². The zero-order valence-electron chi connectivity index (χ0n) is 33.7. The monoisotopic (exact) mass is 806 g/mol. The summed E-state index contributed by atoms with van der Waals surface area (Å²) in [6.07, 6.45) is 0. The second kappa shape index (κ2) is 14.0. The number of furan rings is 2. The number of hydrogen-bond acceptors (Lipinski definition) is 5. The van der Waals surface area contributed by atoms with Crippen LogP contribution in [0.4, 0.5) is 0 Å². The fourth-order valence-electron chi connectivity index (χ4n) is 9.48. The molecule has 0 radical (unpaired) electrons. The second-order valence-electron chi connectivity index (χ2n) is 15.9. The summed E-state index contributed by atoms with van der Waals surface area (Å²) >= 11 is 0. The summed E-state index contributed by atoms with van der Waals surface area (Å²) in [7, 11) is 0. The SMILES string of the molecule is c1ccc(-c2cccc(-c3nc(-c4cccc5c4oc4ccccc45)nc(-c4cccc5c4oc4cccc(-c6cccc7c6c6ccccc6n7-c6ccccc6)c45)n3)c2)cc1. The van der Waals surface area contributed by atoms with Crippen molar-refractivity contribution in [1.29, 1.82) is 0 Å². The van der Waals surface area contributed by atoms with Gasteiger partial charge in [0.2, 0.25) is 0 Å². The van der Waals surface area contributed by atoms with Crippen molar-refractivity contribution in [2.75, 3.05) is 0 Å². The lowest BCUT2D eigenvalue weighted by atomic mass is 9.95. The van der Waals surface area contributed by atoms with E-state index in [-0.39, 0.29) is 0 Å². The molecule has 0 amide bonds. The van der Waals surface area contributed by atoms with Crippen LogP contribution in [-0.2, 0) is 0 Å². The summed E-state index contributed by atoms with van der Waals surface area (Å²) in [5, 5.41) is 6.46. The lowest BCUT2D eigenvalue weighted by Gasteiger charge is -2.10. The number of hydrogen-bond donors (Lipinski definition) is 0. The van der Waals surface area contributed by atoms with E-state index in [0.717, 1.165) is 94.0 Å². The lowest BCUT2D eigenvalue weighted by molar-refractivity contribution is 0.669. The van der Waals surface area contributed by atoms with Crippen LogP contribution in [0, 0.1) is 0 Å². The topological polar surface area (TPSA) is 69.9 Å². The molecule has 0 saturated heterocycles. The highest BCUT2D eigenvalue weighted by molar-refractivity contribution is 6.22. The molecule has 4 aromatic heterocycles. The Morgan fingerprint density at radius 1 is 0.317 bits per heavy atom.